The quantitative estimate of drug-likeness (QED) is 0.789. The minimum absolute atomic E-state index is 0.00203. The van der Waals surface area contributed by atoms with Crippen LogP contribution in [0.1, 0.15) is 44.9 Å². The number of hydrogen-bond acceptors (Lipinski definition) is 4. The van der Waals surface area contributed by atoms with Crippen molar-refractivity contribution in [1.29, 1.82) is 0 Å². The Balaban J connectivity index is 2.26. The van der Waals surface area contributed by atoms with Crippen LogP contribution in [0.5, 0.6) is 0 Å². The highest BCUT2D eigenvalue weighted by Gasteiger charge is 2.36. The zero-order chi connectivity index (χ0) is 15.5. The first-order valence-corrected chi connectivity index (χ1v) is 9.11. The van der Waals surface area contributed by atoms with Crippen LogP contribution in [-0.4, -0.2) is 46.6 Å². The second-order valence-electron chi connectivity index (χ2n) is 5.60. The maximum Gasteiger partial charge on any atom is 0.262 e. The Morgan fingerprint density at radius 2 is 2.19 bits per heavy atom. The molecule has 1 aliphatic rings. The third-order valence-electron chi connectivity index (χ3n) is 4.01. The van der Waals surface area contributed by atoms with E-state index in [1.807, 2.05) is 11.5 Å². The van der Waals surface area contributed by atoms with Crippen LogP contribution in [0.3, 0.4) is 0 Å². The summed E-state index contributed by atoms with van der Waals surface area (Å²) in [7, 11) is -3.56. The second kappa shape index (κ2) is 6.89. The third kappa shape index (κ3) is 3.46. The number of sulfonamides is 1. The Labute approximate surface area is 126 Å². The first-order valence-electron chi connectivity index (χ1n) is 7.67. The van der Waals surface area contributed by atoms with Gasteiger partial charge in [0.25, 0.3) is 10.0 Å². The molecule has 1 aromatic heterocycles. The van der Waals surface area contributed by atoms with Crippen LogP contribution in [0.15, 0.2) is 11.2 Å². The first-order chi connectivity index (χ1) is 10.0. The van der Waals surface area contributed by atoms with Crippen molar-refractivity contribution in [2.75, 3.05) is 13.2 Å². The van der Waals surface area contributed by atoms with E-state index in [2.05, 4.69) is 11.9 Å². The highest BCUT2D eigenvalue weighted by molar-refractivity contribution is 7.89. The fourth-order valence-electron chi connectivity index (χ4n) is 2.59. The Morgan fingerprint density at radius 3 is 2.71 bits per heavy atom. The lowest BCUT2D eigenvalue weighted by Gasteiger charge is -2.35. The van der Waals surface area contributed by atoms with E-state index in [0.29, 0.717) is 13.0 Å². The van der Waals surface area contributed by atoms with E-state index >= 15 is 0 Å². The van der Waals surface area contributed by atoms with Crippen molar-refractivity contribution in [3.05, 3.63) is 12.0 Å². The van der Waals surface area contributed by atoms with Crippen LogP contribution in [0.25, 0.3) is 0 Å². The topological polar surface area (TPSA) is 75.4 Å². The zero-order valence-corrected chi connectivity index (χ0v) is 13.6. The number of aliphatic hydroxyl groups is 1. The smallest absolute Gasteiger partial charge is 0.262 e. The van der Waals surface area contributed by atoms with Gasteiger partial charge in [-0.3, -0.25) is 0 Å². The van der Waals surface area contributed by atoms with Crippen molar-refractivity contribution in [3.63, 3.8) is 0 Å². The highest BCUT2D eigenvalue weighted by atomic mass is 32.2. The van der Waals surface area contributed by atoms with Gasteiger partial charge in [-0.2, -0.15) is 4.31 Å². The second-order valence-corrected chi connectivity index (χ2v) is 7.43. The monoisotopic (exact) mass is 315 g/mol. The Hall–Kier alpha value is -0.920. The van der Waals surface area contributed by atoms with Gasteiger partial charge >= 0.3 is 0 Å². The maximum absolute atomic E-state index is 12.8. The Kier molecular flexibility index (Phi) is 5.40. The third-order valence-corrected chi connectivity index (χ3v) is 5.83. The summed E-state index contributed by atoms with van der Waals surface area (Å²) in [6, 6.07) is 0.0678. The number of aryl methyl sites for hydroxylation is 2. The molecule has 1 heterocycles. The summed E-state index contributed by atoms with van der Waals surface area (Å²) in [5.74, 6) is 0.728. The molecule has 1 aromatic rings. The van der Waals surface area contributed by atoms with Gasteiger partial charge in [0.2, 0.25) is 0 Å². The molecule has 0 bridgehead atoms. The van der Waals surface area contributed by atoms with E-state index < -0.39 is 10.0 Å². The van der Waals surface area contributed by atoms with Gasteiger partial charge in [0, 0.05) is 31.9 Å². The van der Waals surface area contributed by atoms with Gasteiger partial charge in [0.15, 0.2) is 5.03 Å². The molecule has 0 amide bonds. The van der Waals surface area contributed by atoms with E-state index in [-0.39, 0.29) is 17.7 Å². The summed E-state index contributed by atoms with van der Waals surface area (Å²) < 4.78 is 29.0. The van der Waals surface area contributed by atoms with E-state index in [4.69, 9.17) is 5.11 Å². The lowest BCUT2D eigenvalue weighted by atomic mass is 9.93. The van der Waals surface area contributed by atoms with Gasteiger partial charge in [-0.25, -0.2) is 13.4 Å². The minimum atomic E-state index is -3.56. The maximum atomic E-state index is 12.8. The molecule has 0 atom stereocenters. The fraction of sp³-hybridized carbons (Fsp3) is 0.786. The highest BCUT2D eigenvalue weighted by Crippen LogP contribution is 2.29. The molecule has 1 fully saturated rings. The molecule has 0 spiro atoms. The first kappa shape index (κ1) is 16.5. The summed E-state index contributed by atoms with van der Waals surface area (Å²) in [6.07, 6.45) is 5.91. The van der Waals surface area contributed by atoms with Gasteiger partial charge in [0.1, 0.15) is 5.82 Å². The predicted molar refractivity (Wildman–Crippen MR) is 80.5 cm³/mol. The van der Waals surface area contributed by atoms with E-state index in [0.717, 1.165) is 38.1 Å². The van der Waals surface area contributed by atoms with Crippen LogP contribution in [0, 0.1) is 6.92 Å². The Morgan fingerprint density at radius 1 is 1.48 bits per heavy atom. The standard InChI is InChI=1S/C14H25N3O3S/c1-3-8-16-11-14(15-12(16)2)21(19,20)17(9-5-10-18)13-6-4-7-13/h11,13,18H,3-10H2,1-2H3. The summed E-state index contributed by atoms with van der Waals surface area (Å²) >= 11 is 0. The SMILES string of the molecule is CCCn1cc(S(=O)(=O)N(CCCO)C2CCC2)nc1C. The van der Waals surface area contributed by atoms with Gasteiger partial charge in [-0.1, -0.05) is 13.3 Å². The summed E-state index contributed by atoms with van der Waals surface area (Å²) in [4.78, 5) is 4.24. The van der Waals surface area contributed by atoms with Gasteiger partial charge in [0.05, 0.1) is 0 Å². The molecule has 6 nitrogen and oxygen atoms in total. The lowest BCUT2D eigenvalue weighted by molar-refractivity contribution is 0.198. The molecule has 0 aromatic carbocycles. The van der Waals surface area contributed by atoms with Crippen molar-refractivity contribution in [2.45, 2.75) is 63.6 Å². The zero-order valence-electron chi connectivity index (χ0n) is 12.8. The van der Waals surface area contributed by atoms with E-state index in [1.54, 1.807) is 6.20 Å². The van der Waals surface area contributed by atoms with Crippen LogP contribution in [0.4, 0.5) is 0 Å². The fourth-order valence-corrected chi connectivity index (χ4v) is 4.31. The molecule has 1 aliphatic carbocycles. The molecule has 0 unspecified atom stereocenters. The molecule has 120 valence electrons. The number of aromatic nitrogens is 2. The normalized spacial score (nSPS) is 16.4. The van der Waals surface area contributed by atoms with Gasteiger partial charge < -0.3 is 9.67 Å². The number of aliphatic hydroxyl groups excluding tert-OH is 1. The van der Waals surface area contributed by atoms with Crippen molar-refractivity contribution in [2.24, 2.45) is 0 Å². The average molecular weight is 315 g/mol. The van der Waals surface area contributed by atoms with E-state index in [9.17, 15) is 8.42 Å². The molecule has 1 saturated carbocycles. The molecule has 1 N–H and O–H groups in total. The van der Waals surface area contributed by atoms with Crippen LogP contribution in [0.2, 0.25) is 0 Å². The molecule has 2 rings (SSSR count). The lowest BCUT2D eigenvalue weighted by Crippen LogP contribution is -2.44. The number of nitrogens with zero attached hydrogens (tertiary/aromatic N) is 3. The Bertz CT molecular complexity index is 564. The molecule has 7 heteroatoms. The molecule has 0 saturated heterocycles. The van der Waals surface area contributed by atoms with Gasteiger partial charge in [-0.15, -0.1) is 0 Å². The van der Waals surface area contributed by atoms with Crippen LogP contribution >= 0.6 is 0 Å². The van der Waals surface area contributed by atoms with Crippen molar-refractivity contribution >= 4 is 10.0 Å². The largest absolute Gasteiger partial charge is 0.396 e. The summed E-state index contributed by atoms with van der Waals surface area (Å²) in [5, 5.41) is 9.14. The van der Waals surface area contributed by atoms with Crippen LogP contribution in [-0.2, 0) is 16.6 Å². The molecule has 21 heavy (non-hydrogen) atoms. The number of hydrogen-bond donors (Lipinski definition) is 1. The van der Waals surface area contributed by atoms with E-state index in [1.165, 1.54) is 4.31 Å². The molecular weight excluding hydrogens is 290 g/mol. The molecule has 0 aliphatic heterocycles. The average Bonchev–Trinajstić information content (AvgIpc) is 2.75. The number of rotatable bonds is 8. The van der Waals surface area contributed by atoms with Gasteiger partial charge in [-0.05, 0) is 32.6 Å². The predicted octanol–water partition coefficient (Wildman–Crippen LogP) is 1.53. The van der Waals surface area contributed by atoms with Crippen molar-refractivity contribution in [1.82, 2.24) is 13.9 Å². The summed E-state index contributed by atoms with van der Waals surface area (Å²) in [6.45, 7) is 5.02. The van der Waals surface area contributed by atoms with Crippen LogP contribution < -0.4 is 0 Å². The minimum Gasteiger partial charge on any atom is -0.396 e. The number of imidazole rings is 1. The van der Waals surface area contributed by atoms with Crippen molar-refractivity contribution < 1.29 is 13.5 Å². The molecular formula is C14H25N3O3S. The molecule has 0 radical (unpaired) electrons. The summed E-state index contributed by atoms with van der Waals surface area (Å²) in [5.41, 5.74) is 0. The van der Waals surface area contributed by atoms with Crippen molar-refractivity contribution in [3.8, 4) is 0 Å².